The third-order valence-corrected chi connectivity index (χ3v) is 5.73. The summed E-state index contributed by atoms with van der Waals surface area (Å²) in [6.07, 6.45) is 12.1. The number of nitrogens with zero attached hydrogens (tertiary/aromatic N) is 1. The predicted octanol–water partition coefficient (Wildman–Crippen LogP) is 3.47. The van der Waals surface area contributed by atoms with Crippen LogP contribution < -0.4 is 12.4 Å². The van der Waals surface area contributed by atoms with Gasteiger partial charge in [0.15, 0.2) is 0 Å². The van der Waals surface area contributed by atoms with Crippen molar-refractivity contribution in [2.75, 3.05) is 26.7 Å². The minimum atomic E-state index is 0. The quantitative estimate of drug-likeness (QED) is 0.358. The molecular weight excluding hydrogens is 389 g/mol. The van der Waals surface area contributed by atoms with Crippen LogP contribution in [0.1, 0.15) is 70.3 Å². The molecule has 0 aromatic heterocycles. The lowest BCUT2D eigenvalue weighted by molar-refractivity contribution is -0.923. The van der Waals surface area contributed by atoms with Crippen LogP contribution in [-0.2, 0) is 6.54 Å². The maximum Gasteiger partial charge on any atom is 0.104 e. The Balaban J connectivity index is 0.00000625. The molecule has 0 saturated heterocycles. The SMILES string of the molecule is CCCCCCCCCCC[N+](C)(CCO)Cc1ccc(Cl)c(Cl)c1.[Cl-]. The molecule has 152 valence electrons. The van der Waals surface area contributed by atoms with E-state index in [0.717, 1.165) is 24.1 Å². The lowest BCUT2D eigenvalue weighted by Gasteiger charge is -2.34. The van der Waals surface area contributed by atoms with Gasteiger partial charge in [-0.3, -0.25) is 0 Å². The third kappa shape index (κ3) is 11.0. The first-order valence-corrected chi connectivity index (χ1v) is 10.6. The fraction of sp³-hybridized carbons (Fsp3) is 0.714. The average Bonchev–Trinajstić information content (AvgIpc) is 2.57. The van der Waals surface area contributed by atoms with Crippen molar-refractivity contribution in [3.8, 4) is 0 Å². The molecule has 0 aliphatic carbocycles. The second-order valence-corrected chi connectivity index (χ2v) is 8.34. The van der Waals surface area contributed by atoms with Gasteiger partial charge in [0.25, 0.3) is 0 Å². The van der Waals surface area contributed by atoms with E-state index in [2.05, 4.69) is 14.0 Å². The molecule has 1 N–H and O–H groups in total. The Morgan fingerprint density at radius 3 is 1.96 bits per heavy atom. The van der Waals surface area contributed by atoms with Gasteiger partial charge < -0.3 is 22.0 Å². The molecule has 1 aromatic rings. The van der Waals surface area contributed by atoms with Gasteiger partial charge in [-0.2, -0.15) is 0 Å². The number of unbranched alkanes of at least 4 members (excludes halogenated alkanes) is 8. The summed E-state index contributed by atoms with van der Waals surface area (Å²) in [6.45, 7) is 5.23. The van der Waals surface area contributed by atoms with E-state index in [-0.39, 0.29) is 19.0 Å². The molecule has 0 radical (unpaired) electrons. The van der Waals surface area contributed by atoms with E-state index in [4.69, 9.17) is 23.2 Å². The standard InChI is InChI=1S/C21H36Cl2NO.ClH/c1-3-4-5-6-7-8-9-10-11-14-24(2,15-16-25)18-19-12-13-20(22)21(23)17-19;/h12-13,17,25H,3-11,14-16,18H2,1-2H3;1H/q+1;/p-1. The van der Waals surface area contributed by atoms with Gasteiger partial charge in [0.1, 0.15) is 13.1 Å². The number of benzene rings is 1. The molecule has 0 heterocycles. The maximum absolute atomic E-state index is 9.46. The van der Waals surface area contributed by atoms with Gasteiger partial charge in [0.2, 0.25) is 0 Å². The predicted molar refractivity (Wildman–Crippen MR) is 110 cm³/mol. The summed E-state index contributed by atoms with van der Waals surface area (Å²) in [5.41, 5.74) is 1.18. The van der Waals surface area contributed by atoms with E-state index in [1.54, 1.807) is 0 Å². The van der Waals surface area contributed by atoms with Gasteiger partial charge in [0, 0.05) is 5.56 Å². The highest BCUT2D eigenvalue weighted by Gasteiger charge is 2.21. The van der Waals surface area contributed by atoms with E-state index in [9.17, 15) is 5.11 Å². The van der Waals surface area contributed by atoms with Gasteiger partial charge in [-0.25, -0.2) is 0 Å². The second-order valence-electron chi connectivity index (χ2n) is 7.53. The fourth-order valence-electron chi connectivity index (χ4n) is 3.39. The van der Waals surface area contributed by atoms with Crippen molar-refractivity contribution in [3.05, 3.63) is 33.8 Å². The Morgan fingerprint density at radius 1 is 0.846 bits per heavy atom. The van der Waals surface area contributed by atoms with Crippen LogP contribution >= 0.6 is 23.2 Å². The van der Waals surface area contributed by atoms with Crippen molar-refractivity contribution in [2.24, 2.45) is 0 Å². The molecule has 0 saturated carbocycles. The van der Waals surface area contributed by atoms with E-state index in [1.165, 1.54) is 63.4 Å². The Hall–Kier alpha value is 0.01000. The molecule has 0 aliphatic rings. The van der Waals surface area contributed by atoms with Crippen LogP contribution in [0.5, 0.6) is 0 Å². The smallest absolute Gasteiger partial charge is 0.104 e. The monoisotopic (exact) mass is 423 g/mol. The topological polar surface area (TPSA) is 20.2 Å². The molecule has 0 aliphatic heterocycles. The van der Waals surface area contributed by atoms with Crippen LogP contribution in [0.2, 0.25) is 10.0 Å². The summed E-state index contributed by atoms with van der Waals surface area (Å²) >= 11 is 12.1. The van der Waals surface area contributed by atoms with E-state index in [0.29, 0.717) is 10.0 Å². The van der Waals surface area contributed by atoms with Crippen LogP contribution in [0.3, 0.4) is 0 Å². The Bertz CT molecular complexity index is 484. The number of aliphatic hydroxyl groups excluding tert-OH is 1. The van der Waals surface area contributed by atoms with Gasteiger partial charge in [-0.05, 0) is 25.0 Å². The fourth-order valence-corrected chi connectivity index (χ4v) is 3.71. The zero-order valence-electron chi connectivity index (χ0n) is 16.5. The number of likely N-dealkylation sites (N-methyl/N-ethyl adjacent to an activating group) is 1. The van der Waals surface area contributed by atoms with Crippen LogP contribution in [-0.4, -0.2) is 36.3 Å². The zero-order valence-corrected chi connectivity index (χ0v) is 18.7. The summed E-state index contributed by atoms with van der Waals surface area (Å²) in [4.78, 5) is 0. The second kappa shape index (κ2) is 15.0. The lowest BCUT2D eigenvalue weighted by atomic mass is 10.1. The van der Waals surface area contributed by atoms with Gasteiger partial charge in [-0.1, -0.05) is 81.1 Å². The average molecular weight is 425 g/mol. The molecule has 0 fully saturated rings. The number of hydrogen-bond donors (Lipinski definition) is 1. The molecule has 1 atom stereocenters. The van der Waals surface area contributed by atoms with Crippen molar-refractivity contribution in [2.45, 2.75) is 71.3 Å². The summed E-state index contributed by atoms with van der Waals surface area (Å²) < 4.78 is 0.852. The first-order valence-electron chi connectivity index (χ1n) is 9.89. The first-order chi connectivity index (χ1) is 12.0. The summed E-state index contributed by atoms with van der Waals surface area (Å²) in [5.74, 6) is 0. The largest absolute Gasteiger partial charge is 1.00 e. The van der Waals surface area contributed by atoms with E-state index >= 15 is 0 Å². The highest BCUT2D eigenvalue weighted by Crippen LogP contribution is 2.24. The molecule has 0 bridgehead atoms. The maximum atomic E-state index is 9.46. The normalized spacial score (nSPS) is 13.3. The van der Waals surface area contributed by atoms with Crippen molar-refractivity contribution in [1.29, 1.82) is 0 Å². The minimum Gasteiger partial charge on any atom is -1.00 e. The molecule has 2 nitrogen and oxygen atoms in total. The molecule has 0 spiro atoms. The Labute approximate surface area is 176 Å². The highest BCUT2D eigenvalue weighted by molar-refractivity contribution is 6.42. The first kappa shape index (κ1) is 26.0. The van der Waals surface area contributed by atoms with Crippen LogP contribution in [0.15, 0.2) is 18.2 Å². The van der Waals surface area contributed by atoms with Gasteiger partial charge >= 0.3 is 0 Å². The van der Waals surface area contributed by atoms with Crippen LogP contribution in [0.25, 0.3) is 0 Å². The number of hydrogen-bond acceptors (Lipinski definition) is 1. The third-order valence-electron chi connectivity index (χ3n) is 4.99. The molecule has 1 unspecified atom stereocenters. The van der Waals surface area contributed by atoms with Crippen molar-refractivity contribution < 1.29 is 22.0 Å². The van der Waals surface area contributed by atoms with Crippen molar-refractivity contribution in [1.82, 2.24) is 0 Å². The molecule has 5 heteroatoms. The lowest BCUT2D eigenvalue weighted by Crippen LogP contribution is -3.00. The van der Waals surface area contributed by atoms with E-state index < -0.39 is 0 Å². The molecule has 1 aromatic carbocycles. The summed E-state index contributed by atoms with van der Waals surface area (Å²) in [6, 6.07) is 5.85. The Kier molecular flexibility index (Phi) is 15.0. The highest BCUT2D eigenvalue weighted by atomic mass is 35.5. The van der Waals surface area contributed by atoms with Crippen molar-refractivity contribution in [3.63, 3.8) is 0 Å². The number of rotatable bonds is 14. The number of halogens is 3. The van der Waals surface area contributed by atoms with Crippen LogP contribution in [0, 0.1) is 0 Å². The molecule has 1 rings (SSSR count). The number of aliphatic hydroxyl groups is 1. The van der Waals surface area contributed by atoms with Gasteiger partial charge in [0.05, 0.1) is 30.2 Å². The van der Waals surface area contributed by atoms with Crippen LogP contribution in [0.4, 0.5) is 0 Å². The summed E-state index contributed by atoms with van der Waals surface area (Å²) in [5, 5.41) is 10.7. The van der Waals surface area contributed by atoms with E-state index in [1.807, 2.05) is 18.2 Å². The van der Waals surface area contributed by atoms with Gasteiger partial charge in [-0.15, -0.1) is 0 Å². The minimum absolute atomic E-state index is 0. The summed E-state index contributed by atoms with van der Waals surface area (Å²) in [7, 11) is 2.23. The molecule has 0 amide bonds. The molecule has 26 heavy (non-hydrogen) atoms. The Morgan fingerprint density at radius 2 is 1.42 bits per heavy atom. The molecular formula is C21H36Cl3NO. The zero-order chi connectivity index (χ0) is 18.5. The van der Waals surface area contributed by atoms with Crippen molar-refractivity contribution >= 4 is 23.2 Å². The number of quaternary nitrogens is 1.